The first kappa shape index (κ1) is 33.0. The molecule has 3 aromatic heterocycles. The van der Waals surface area contributed by atoms with Crippen LogP contribution in [0, 0.1) is 5.92 Å². The summed E-state index contributed by atoms with van der Waals surface area (Å²) in [6.07, 6.45) is 1.92. The van der Waals surface area contributed by atoms with Gasteiger partial charge in [-0.25, -0.2) is 15.0 Å². The fourth-order valence-electron chi connectivity index (χ4n) is 6.32. The van der Waals surface area contributed by atoms with E-state index in [1.165, 1.54) is 11.9 Å². The van der Waals surface area contributed by atoms with Crippen LogP contribution in [0.25, 0.3) is 0 Å². The van der Waals surface area contributed by atoms with Crippen molar-refractivity contribution in [3.8, 4) is 0 Å². The van der Waals surface area contributed by atoms with Gasteiger partial charge in [0.2, 0.25) is 0 Å². The molecule has 5 heterocycles. The van der Waals surface area contributed by atoms with Crippen LogP contribution in [-0.4, -0.2) is 71.1 Å². The summed E-state index contributed by atoms with van der Waals surface area (Å²) in [6.45, 7) is 20.3. The van der Waals surface area contributed by atoms with E-state index in [0.717, 1.165) is 74.4 Å². The van der Waals surface area contributed by atoms with Crippen molar-refractivity contribution >= 4 is 35.3 Å². The van der Waals surface area contributed by atoms with Crippen LogP contribution < -0.4 is 19.8 Å². The normalized spacial score (nSPS) is 19.4. The zero-order valence-electron chi connectivity index (χ0n) is 28.2. The number of anilines is 3. The Morgan fingerprint density at radius 3 is 2.42 bits per heavy atom. The van der Waals surface area contributed by atoms with Gasteiger partial charge in [0, 0.05) is 61.3 Å². The molecule has 3 aromatic rings. The molecule has 10 heteroatoms. The van der Waals surface area contributed by atoms with E-state index in [4.69, 9.17) is 15.0 Å². The number of carbonyl (C=O) groups excluding carboxylic acids is 1. The van der Waals surface area contributed by atoms with E-state index in [0.29, 0.717) is 16.5 Å². The van der Waals surface area contributed by atoms with E-state index in [9.17, 15) is 4.79 Å². The molecule has 2 aliphatic heterocycles. The second-order valence-corrected chi connectivity index (χ2v) is 15.1. The maximum Gasteiger partial charge on any atom is 0.265 e. The van der Waals surface area contributed by atoms with Gasteiger partial charge in [-0.2, -0.15) is 0 Å². The number of nitrogens with zero attached hydrogens (tertiary/aromatic N) is 6. The summed E-state index contributed by atoms with van der Waals surface area (Å²) in [5.74, 6) is 2.89. The summed E-state index contributed by atoms with van der Waals surface area (Å²) >= 11 is 1.23. The monoisotopic (exact) mass is 630 g/mol. The topological polar surface area (TPSA) is 89.5 Å². The van der Waals surface area contributed by atoms with Crippen molar-refractivity contribution in [2.45, 2.75) is 83.3 Å². The number of piperazine rings is 1. The molecule has 2 saturated heterocycles. The molecule has 242 valence electrons. The zero-order chi connectivity index (χ0) is 32.4. The molecular formula is C35H50N8OS. The van der Waals surface area contributed by atoms with E-state index in [-0.39, 0.29) is 22.9 Å². The summed E-state index contributed by atoms with van der Waals surface area (Å²) < 4.78 is 3.05. The first-order chi connectivity index (χ1) is 21.3. The Kier molecular flexibility index (Phi) is 9.94. The molecule has 0 radical (unpaired) electrons. The lowest BCUT2D eigenvalue weighted by molar-refractivity contribution is 0.0984. The van der Waals surface area contributed by atoms with Crippen LogP contribution in [-0.2, 0) is 5.41 Å². The summed E-state index contributed by atoms with van der Waals surface area (Å²) in [4.78, 5) is 35.6. The van der Waals surface area contributed by atoms with Crippen molar-refractivity contribution in [1.29, 1.82) is 0 Å². The van der Waals surface area contributed by atoms with E-state index >= 15 is 0 Å². The Balaban J connectivity index is 1.29. The lowest BCUT2D eigenvalue weighted by Crippen LogP contribution is -2.44. The van der Waals surface area contributed by atoms with E-state index in [1.54, 1.807) is 0 Å². The second kappa shape index (κ2) is 13.5. The zero-order valence-corrected chi connectivity index (χ0v) is 29.0. The van der Waals surface area contributed by atoms with Gasteiger partial charge in [0.1, 0.15) is 22.5 Å². The van der Waals surface area contributed by atoms with E-state index < -0.39 is 0 Å². The fourth-order valence-corrected chi connectivity index (χ4v) is 6.92. The predicted octanol–water partition coefficient (Wildman–Crippen LogP) is 6.55. The molecule has 2 atom stereocenters. The quantitative estimate of drug-likeness (QED) is 0.256. The van der Waals surface area contributed by atoms with Crippen LogP contribution in [0.4, 0.5) is 17.5 Å². The number of rotatable bonds is 9. The van der Waals surface area contributed by atoms with Gasteiger partial charge in [0.15, 0.2) is 0 Å². The Labute approximate surface area is 273 Å². The lowest BCUT2D eigenvalue weighted by atomic mass is 9.91. The number of hydrogen-bond donors (Lipinski definition) is 2. The number of hydrogen-bond acceptors (Lipinski definition) is 9. The number of pyridine rings is 3. The maximum atomic E-state index is 13.7. The van der Waals surface area contributed by atoms with Gasteiger partial charge >= 0.3 is 0 Å². The van der Waals surface area contributed by atoms with Gasteiger partial charge in [-0.15, -0.1) is 0 Å². The van der Waals surface area contributed by atoms with E-state index in [1.807, 2.05) is 30.3 Å². The molecule has 1 amide bonds. The summed E-state index contributed by atoms with van der Waals surface area (Å²) in [5.41, 5.74) is 2.36. The minimum absolute atomic E-state index is 0.0147. The number of nitrogens with one attached hydrogen (secondary N) is 2. The summed E-state index contributed by atoms with van der Waals surface area (Å²) in [7, 11) is 2.16. The molecule has 0 aliphatic carbocycles. The third-order valence-electron chi connectivity index (χ3n) is 8.86. The Hall–Kier alpha value is -3.37. The first-order valence-electron chi connectivity index (χ1n) is 16.2. The predicted molar refractivity (Wildman–Crippen MR) is 186 cm³/mol. The highest BCUT2D eigenvalue weighted by Gasteiger charge is 2.39. The van der Waals surface area contributed by atoms with Gasteiger partial charge in [0.25, 0.3) is 5.91 Å². The molecule has 2 unspecified atom stereocenters. The highest BCUT2D eigenvalue weighted by Crippen LogP contribution is 2.38. The van der Waals surface area contributed by atoms with Crippen molar-refractivity contribution in [2.24, 2.45) is 5.92 Å². The number of carbonyl (C=O) groups is 1. The highest BCUT2D eigenvalue weighted by molar-refractivity contribution is 7.97. The minimum atomic E-state index is -0.171. The Bertz CT molecular complexity index is 1480. The third kappa shape index (κ3) is 7.90. The Morgan fingerprint density at radius 2 is 1.76 bits per heavy atom. The van der Waals surface area contributed by atoms with Crippen molar-refractivity contribution in [2.75, 3.05) is 54.9 Å². The van der Waals surface area contributed by atoms with Crippen LogP contribution in [0.3, 0.4) is 0 Å². The van der Waals surface area contributed by atoms with Crippen molar-refractivity contribution in [3.63, 3.8) is 0 Å². The fraction of sp³-hybridized carbons (Fsp3) is 0.543. The third-order valence-corrected chi connectivity index (χ3v) is 9.58. The van der Waals surface area contributed by atoms with Crippen molar-refractivity contribution < 1.29 is 4.79 Å². The maximum absolute atomic E-state index is 13.7. The number of amides is 1. The second-order valence-electron chi connectivity index (χ2n) is 14.3. The molecule has 0 aromatic carbocycles. The molecule has 5 rings (SSSR count). The van der Waals surface area contributed by atoms with Crippen molar-refractivity contribution in [3.05, 3.63) is 65.5 Å². The summed E-state index contributed by atoms with van der Waals surface area (Å²) in [6, 6.07) is 16.0. The molecule has 9 nitrogen and oxygen atoms in total. The van der Waals surface area contributed by atoms with Crippen LogP contribution in [0.15, 0.2) is 53.6 Å². The number of likely N-dealkylation sites (N-methyl/N-ethyl adjacent to an activating group) is 1. The van der Waals surface area contributed by atoms with Crippen LogP contribution in [0.5, 0.6) is 0 Å². The molecular weight excluding hydrogens is 581 g/mol. The average Bonchev–Trinajstić information content (AvgIpc) is 3.29. The number of aromatic nitrogens is 3. The van der Waals surface area contributed by atoms with Crippen LogP contribution >= 0.6 is 11.9 Å². The van der Waals surface area contributed by atoms with Gasteiger partial charge in [-0.3, -0.25) is 9.52 Å². The molecule has 0 saturated carbocycles. The first-order valence-corrected chi connectivity index (χ1v) is 17.1. The van der Waals surface area contributed by atoms with E-state index in [2.05, 4.69) is 98.5 Å². The summed E-state index contributed by atoms with van der Waals surface area (Å²) in [5, 5.41) is 4.29. The van der Waals surface area contributed by atoms with Crippen molar-refractivity contribution in [1.82, 2.24) is 24.6 Å². The highest BCUT2D eigenvalue weighted by atomic mass is 32.2. The Morgan fingerprint density at radius 1 is 1.02 bits per heavy atom. The lowest BCUT2D eigenvalue weighted by Gasteiger charge is -2.34. The average molecular weight is 631 g/mol. The largest absolute Gasteiger partial charge is 0.362 e. The molecule has 2 aliphatic rings. The molecule has 0 spiro atoms. The minimum Gasteiger partial charge on any atom is -0.362 e. The smallest absolute Gasteiger partial charge is 0.265 e. The van der Waals surface area contributed by atoms with Gasteiger partial charge in [-0.05, 0) is 76.1 Å². The van der Waals surface area contributed by atoms with Crippen LogP contribution in [0.1, 0.15) is 89.1 Å². The molecule has 0 bridgehead atoms. The molecule has 45 heavy (non-hydrogen) atoms. The standard InChI is InChI=1S/C35H50N8OS/c1-9-26(27-12-10-14-30(37-27)42-20-18-41(8)19-21-42)36-29-13-11-15-31(39-29)45-40-33(44)25-16-17-28(34(3,4)5)38-32(25)43-23-24(2)22-35(43,6)7/h10-17,24,26H,9,18-23H2,1-8H3,(H,36,39)(H,40,44). The van der Waals surface area contributed by atoms with Gasteiger partial charge < -0.3 is 20.0 Å². The van der Waals surface area contributed by atoms with Crippen LogP contribution in [0.2, 0.25) is 0 Å². The van der Waals surface area contributed by atoms with Gasteiger partial charge in [-0.1, -0.05) is 46.8 Å². The van der Waals surface area contributed by atoms with Gasteiger partial charge in [0.05, 0.1) is 17.3 Å². The molecule has 2 fully saturated rings. The molecule has 2 N–H and O–H groups in total. The SMILES string of the molecule is CCC(Nc1cccc(SNC(=O)c2ccc(C(C)(C)C)nc2N2CC(C)CC2(C)C)n1)c1cccc(N2CCN(C)CC2)n1.